The van der Waals surface area contributed by atoms with Gasteiger partial charge in [0.1, 0.15) is 0 Å². The molecule has 3 nitrogen and oxygen atoms in total. The van der Waals surface area contributed by atoms with E-state index in [0.717, 1.165) is 15.9 Å². The number of hydrogen-bond donors (Lipinski definition) is 1. The highest BCUT2D eigenvalue weighted by atomic mass is 79.9. The topological polar surface area (TPSA) is 33.6 Å². The summed E-state index contributed by atoms with van der Waals surface area (Å²) < 4.78 is 3.74. The number of nitrogens with one attached hydrogen (secondary N) is 1. The fourth-order valence-corrected chi connectivity index (χ4v) is 2.99. The van der Waals surface area contributed by atoms with Crippen LogP contribution in [0.4, 0.5) is 0 Å². The zero-order valence-corrected chi connectivity index (χ0v) is 13.3. The Morgan fingerprint density at radius 3 is 2.50 bits per heavy atom. The zero-order chi connectivity index (χ0) is 13.5. The normalized spacial score (nSPS) is 11.8. The van der Waals surface area contributed by atoms with Crippen molar-refractivity contribution in [3.05, 3.63) is 33.0 Å². The predicted octanol–water partition coefficient (Wildman–Crippen LogP) is 4.43. The largest absolute Gasteiger partial charge is 0.295 e. The second-order valence-corrected chi connectivity index (χ2v) is 6.68. The molecule has 0 unspecified atom stereocenters. The molecule has 0 atom stereocenters. The van der Waals surface area contributed by atoms with Crippen molar-refractivity contribution in [1.29, 1.82) is 0 Å². The Morgan fingerprint density at radius 1 is 1.28 bits per heavy atom. The van der Waals surface area contributed by atoms with Gasteiger partial charge in [-0.1, -0.05) is 15.9 Å². The van der Waals surface area contributed by atoms with Crippen molar-refractivity contribution < 1.29 is 0 Å². The van der Waals surface area contributed by atoms with E-state index in [-0.39, 0.29) is 5.54 Å². The molecule has 2 rings (SSSR count). The summed E-state index contributed by atoms with van der Waals surface area (Å²) in [4.78, 5) is 0. The molecule has 0 radical (unpaired) electrons. The molecule has 0 bridgehead atoms. The summed E-state index contributed by atoms with van der Waals surface area (Å²) in [7, 11) is 0. The lowest BCUT2D eigenvalue weighted by atomic mass is 10.1. The molecule has 1 N–H and O–H groups in total. The maximum absolute atomic E-state index is 5.32. The standard InChI is InChI=1S/C13H16BrN3S/c1-8-5-9(7-10(14)6-8)11-15-16-12(18)17(11)13(2,3)4/h5-7H,1-4H3,(H,16,18). The lowest BCUT2D eigenvalue weighted by Crippen LogP contribution is -2.23. The third kappa shape index (κ3) is 2.57. The molecule has 0 fully saturated rings. The molecule has 0 saturated heterocycles. The molecule has 1 heterocycles. The number of hydrogen-bond acceptors (Lipinski definition) is 2. The Morgan fingerprint density at radius 2 is 1.94 bits per heavy atom. The Bertz CT molecular complexity index is 614. The molecule has 18 heavy (non-hydrogen) atoms. The Labute approximate surface area is 120 Å². The highest BCUT2D eigenvalue weighted by molar-refractivity contribution is 9.10. The number of aromatic amines is 1. The summed E-state index contributed by atoms with van der Waals surface area (Å²) >= 11 is 8.84. The minimum absolute atomic E-state index is 0.102. The molecule has 5 heteroatoms. The summed E-state index contributed by atoms with van der Waals surface area (Å²) in [6, 6.07) is 6.24. The summed E-state index contributed by atoms with van der Waals surface area (Å²) in [5.74, 6) is 0.872. The zero-order valence-electron chi connectivity index (χ0n) is 10.9. The van der Waals surface area contributed by atoms with Crippen molar-refractivity contribution in [2.24, 2.45) is 0 Å². The van der Waals surface area contributed by atoms with Crippen molar-refractivity contribution in [3.63, 3.8) is 0 Å². The van der Waals surface area contributed by atoms with Gasteiger partial charge in [-0.15, -0.1) is 0 Å². The van der Waals surface area contributed by atoms with Crippen LogP contribution in [-0.2, 0) is 5.54 Å². The van der Waals surface area contributed by atoms with E-state index >= 15 is 0 Å². The third-order valence-corrected chi connectivity index (χ3v) is 3.38. The molecule has 0 saturated carbocycles. The number of nitrogens with zero attached hydrogens (tertiary/aromatic N) is 2. The molecule has 2 aromatic rings. The maximum atomic E-state index is 5.32. The first-order chi connectivity index (χ1) is 8.29. The van der Waals surface area contributed by atoms with Crippen LogP contribution in [0.2, 0.25) is 0 Å². The van der Waals surface area contributed by atoms with Gasteiger partial charge in [-0.05, 0) is 63.7 Å². The lowest BCUT2D eigenvalue weighted by Gasteiger charge is -2.22. The first-order valence-corrected chi connectivity index (χ1v) is 6.94. The van der Waals surface area contributed by atoms with Gasteiger partial charge >= 0.3 is 0 Å². The maximum Gasteiger partial charge on any atom is 0.195 e. The van der Waals surface area contributed by atoms with Crippen molar-refractivity contribution in [1.82, 2.24) is 14.8 Å². The number of rotatable bonds is 1. The average Bonchev–Trinajstić information content (AvgIpc) is 2.57. The van der Waals surface area contributed by atoms with E-state index < -0.39 is 0 Å². The van der Waals surface area contributed by atoms with Gasteiger partial charge in [0.15, 0.2) is 10.6 Å². The van der Waals surface area contributed by atoms with E-state index in [1.165, 1.54) is 5.56 Å². The minimum Gasteiger partial charge on any atom is -0.295 e. The second-order valence-electron chi connectivity index (χ2n) is 5.38. The quantitative estimate of drug-likeness (QED) is 0.786. The van der Waals surface area contributed by atoms with Crippen molar-refractivity contribution in [2.75, 3.05) is 0 Å². The summed E-state index contributed by atoms with van der Waals surface area (Å²) in [5, 5.41) is 7.24. The van der Waals surface area contributed by atoms with Crippen LogP contribution >= 0.6 is 28.1 Å². The number of aryl methyl sites for hydroxylation is 1. The second kappa shape index (κ2) is 4.63. The molecule has 0 amide bonds. The van der Waals surface area contributed by atoms with E-state index in [4.69, 9.17) is 12.2 Å². The van der Waals surface area contributed by atoms with Gasteiger partial charge in [0, 0.05) is 15.6 Å². The van der Waals surface area contributed by atoms with Crippen molar-refractivity contribution >= 4 is 28.1 Å². The summed E-state index contributed by atoms with van der Waals surface area (Å²) in [5.41, 5.74) is 2.15. The van der Waals surface area contributed by atoms with Crippen LogP contribution in [0.1, 0.15) is 26.3 Å². The van der Waals surface area contributed by atoms with Crippen LogP contribution < -0.4 is 0 Å². The van der Waals surface area contributed by atoms with Crippen LogP contribution in [0.25, 0.3) is 11.4 Å². The van der Waals surface area contributed by atoms with E-state index in [9.17, 15) is 0 Å². The van der Waals surface area contributed by atoms with E-state index in [2.05, 4.69) is 72.0 Å². The fraction of sp³-hybridized carbons (Fsp3) is 0.385. The van der Waals surface area contributed by atoms with Crippen molar-refractivity contribution in [3.8, 4) is 11.4 Å². The van der Waals surface area contributed by atoms with E-state index in [1.54, 1.807) is 0 Å². The highest BCUT2D eigenvalue weighted by Crippen LogP contribution is 2.27. The predicted molar refractivity (Wildman–Crippen MR) is 80.3 cm³/mol. The molecule has 0 spiro atoms. The summed E-state index contributed by atoms with van der Waals surface area (Å²) in [6.07, 6.45) is 0. The number of benzene rings is 1. The first kappa shape index (κ1) is 13.5. The van der Waals surface area contributed by atoms with E-state index in [1.807, 2.05) is 4.57 Å². The Balaban J connectivity index is 2.69. The number of aromatic nitrogens is 3. The minimum atomic E-state index is -0.102. The van der Waals surface area contributed by atoms with Gasteiger partial charge in [-0.2, -0.15) is 5.10 Å². The lowest BCUT2D eigenvalue weighted by molar-refractivity contribution is 0.395. The molecule has 1 aromatic carbocycles. The third-order valence-electron chi connectivity index (χ3n) is 2.64. The average molecular weight is 326 g/mol. The number of H-pyrrole nitrogens is 1. The Kier molecular flexibility index (Phi) is 3.47. The van der Waals surface area contributed by atoms with Gasteiger partial charge in [-0.25, -0.2) is 0 Å². The van der Waals surface area contributed by atoms with Gasteiger partial charge in [-0.3, -0.25) is 9.67 Å². The van der Waals surface area contributed by atoms with Gasteiger partial charge < -0.3 is 0 Å². The van der Waals surface area contributed by atoms with Crippen LogP contribution in [0.5, 0.6) is 0 Å². The molecule has 0 aliphatic carbocycles. The van der Waals surface area contributed by atoms with Crippen LogP contribution in [0.15, 0.2) is 22.7 Å². The van der Waals surface area contributed by atoms with E-state index in [0.29, 0.717) is 4.77 Å². The molecule has 0 aliphatic heterocycles. The first-order valence-electron chi connectivity index (χ1n) is 5.74. The molecular formula is C13H16BrN3S. The smallest absolute Gasteiger partial charge is 0.195 e. The molecule has 96 valence electrons. The monoisotopic (exact) mass is 325 g/mol. The molecular weight excluding hydrogens is 310 g/mol. The summed E-state index contributed by atoms with van der Waals surface area (Å²) in [6.45, 7) is 8.42. The van der Waals surface area contributed by atoms with Gasteiger partial charge in [0.25, 0.3) is 0 Å². The molecule has 1 aromatic heterocycles. The molecule has 0 aliphatic rings. The fourth-order valence-electron chi connectivity index (χ4n) is 1.98. The van der Waals surface area contributed by atoms with Crippen molar-refractivity contribution in [2.45, 2.75) is 33.2 Å². The van der Waals surface area contributed by atoms with Crippen LogP contribution in [0, 0.1) is 11.7 Å². The van der Waals surface area contributed by atoms with Crippen LogP contribution in [0.3, 0.4) is 0 Å². The number of halogens is 1. The SMILES string of the molecule is Cc1cc(Br)cc(-c2n[nH]c(=S)n2C(C)(C)C)c1. The highest BCUT2D eigenvalue weighted by Gasteiger charge is 2.20. The van der Waals surface area contributed by atoms with Crippen LogP contribution in [-0.4, -0.2) is 14.8 Å². The Hall–Kier alpha value is -0.940. The van der Waals surface area contributed by atoms with Gasteiger partial charge in [0.2, 0.25) is 0 Å². The van der Waals surface area contributed by atoms with Gasteiger partial charge in [0.05, 0.1) is 0 Å².